The van der Waals surface area contributed by atoms with Crippen LogP contribution in [0, 0.1) is 0 Å². The summed E-state index contributed by atoms with van der Waals surface area (Å²) in [4.78, 5) is 11.8. The topological polar surface area (TPSA) is 80.2 Å². The van der Waals surface area contributed by atoms with E-state index in [0.717, 1.165) is 0 Å². The van der Waals surface area contributed by atoms with Crippen LogP contribution in [0.4, 0.5) is 0 Å². The summed E-state index contributed by atoms with van der Waals surface area (Å²) in [5.41, 5.74) is 3.54. The van der Waals surface area contributed by atoms with E-state index in [-0.39, 0.29) is 18.1 Å². The van der Waals surface area contributed by atoms with Gasteiger partial charge in [-0.15, -0.1) is 0 Å². The zero-order valence-electron chi connectivity index (χ0n) is 11.5. The Morgan fingerprint density at radius 3 is 2.70 bits per heavy atom. The number of nitrogens with zero attached hydrogens (tertiary/aromatic N) is 1. The van der Waals surface area contributed by atoms with Crippen LogP contribution in [0.2, 0.25) is 0 Å². The van der Waals surface area contributed by atoms with E-state index >= 15 is 0 Å². The van der Waals surface area contributed by atoms with Crippen LogP contribution in [0.3, 0.4) is 0 Å². The van der Waals surface area contributed by atoms with Crippen LogP contribution in [0.5, 0.6) is 5.75 Å². The number of hydrogen-bond acceptors (Lipinski definition) is 5. The van der Waals surface area contributed by atoms with E-state index in [1.54, 1.807) is 38.1 Å². The molecule has 0 bridgehead atoms. The molecule has 1 saturated heterocycles. The van der Waals surface area contributed by atoms with Gasteiger partial charge in [0.05, 0.1) is 25.3 Å². The largest absolute Gasteiger partial charge is 0.507 e. The van der Waals surface area contributed by atoms with Gasteiger partial charge in [0.25, 0.3) is 0 Å². The van der Waals surface area contributed by atoms with Gasteiger partial charge in [0.1, 0.15) is 5.75 Å². The fourth-order valence-corrected chi connectivity index (χ4v) is 1.98. The van der Waals surface area contributed by atoms with E-state index < -0.39 is 5.79 Å². The van der Waals surface area contributed by atoms with Crippen molar-refractivity contribution in [3.8, 4) is 5.75 Å². The number of phenolic OH excluding ortho intramolecular Hbond substituents is 1. The molecule has 6 nitrogen and oxygen atoms in total. The molecule has 0 spiro atoms. The minimum Gasteiger partial charge on any atom is -0.507 e. The molecule has 1 fully saturated rings. The summed E-state index contributed by atoms with van der Waals surface area (Å²) in [5.74, 6) is -1.05. The molecule has 2 N–H and O–H groups in total. The Labute approximate surface area is 117 Å². The molecule has 1 aliphatic rings. The standard InChI is InChI=1S/C14H18N2O4/c1-10(11-5-3-4-6-12(11)17)15-16-13(18)9-14(2)19-7-8-20-14/h3-6,17H,7-9H2,1-2H3,(H,16,18)/b15-10-. The van der Waals surface area contributed by atoms with E-state index in [4.69, 9.17) is 9.47 Å². The summed E-state index contributed by atoms with van der Waals surface area (Å²) < 4.78 is 10.7. The SMILES string of the molecule is C/C(=N/NC(=O)CC1(C)OCCO1)c1ccccc1O. The number of carbonyl (C=O) groups is 1. The second-order valence-corrected chi connectivity index (χ2v) is 4.76. The van der Waals surface area contributed by atoms with Gasteiger partial charge in [-0.25, -0.2) is 5.43 Å². The van der Waals surface area contributed by atoms with Gasteiger partial charge in [-0.2, -0.15) is 5.10 Å². The van der Waals surface area contributed by atoms with Crippen LogP contribution in [0.15, 0.2) is 29.4 Å². The zero-order valence-corrected chi connectivity index (χ0v) is 11.5. The molecule has 6 heteroatoms. The highest BCUT2D eigenvalue weighted by atomic mass is 16.7. The Morgan fingerprint density at radius 2 is 2.05 bits per heavy atom. The number of phenols is 1. The third-order valence-corrected chi connectivity index (χ3v) is 3.02. The Bertz CT molecular complexity index is 522. The molecule has 0 atom stereocenters. The smallest absolute Gasteiger partial charge is 0.245 e. The van der Waals surface area contributed by atoms with Crippen molar-refractivity contribution in [2.45, 2.75) is 26.1 Å². The van der Waals surface area contributed by atoms with Crippen molar-refractivity contribution >= 4 is 11.6 Å². The van der Waals surface area contributed by atoms with Crippen LogP contribution in [-0.4, -0.2) is 35.7 Å². The van der Waals surface area contributed by atoms with Gasteiger partial charge in [0.2, 0.25) is 5.91 Å². The number of carbonyl (C=O) groups excluding carboxylic acids is 1. The summed E-state index contributed by atoms with van der Waals surface area (Å²) in [5, 5.41) is 13.7. The molecule has 1 heterocycles. The first-order valence-corrected chi connectivity index (χ1v) is 6.40. The van der Waals surface area contributed by atoms with Gasteiger partial charge in [-0.1, -0.05) is 12.1 Å². The highest BCUT2D eigenvalue weighted by Gasteiger charge is 2.33. The van der Waals surface area contributed by atoms with E-state index in [0.29, 0.717) is 24.5 Å². The van der Waals surface area contributed by atoms with Crippen molar-refractivity contribution in [2.75, 3.05) is 13.2 Å². The Hall–Kier alpha value is -1.92. The van der Waals surface area contributed by atoms with Crippen molar-refractivity contribution in [3.05, 3.63) is 29.8 Å². The first kappa shape index (κ1) is 14.5. The van der Waals surface area contributed by atoms with Crippen molar-refractivity contribution in [2.24, 2.45) is 5.10 Å². The monoisotopic (exact) mass is 278 g/mol. The van der Waals surface area contributed by atoms with Gasteiger partial charge in [0, 0.05) is 5.56 Å². The summed E-state index contributed by atoms with van der Waals surface area (Å²) in [6.45, 7) is 4.41. The molecule has 0 aromatic heterocycles. The Kier molecular flexibility index (Phi) is 4.36. The van der Waals surface area contributed by atoms with Crippen LogP contribution in [-0.2, 0) is 14.3 Å². The lowest BCUT2D eigenvalue weighted by atomic mass is 10.1. The quantitative estimate of drug-likeness (QED) is 0.644. The fraction of sp³-hybridized carbons (Fsp3) is 0.429. The van der Waals surface area contributed by atoms with Crippen molar-refractivity contribution in [1.82, 2.24) is 5.43 Å². The van der Waals surface area contributed by atoms with E-state index in [1.807, 2.05) is 0 Å². The zero-order chi connectivity index (χ0) is 14.6. The van der Waals surface area contributed by atoms with Crippen LogP contribution >= 0.6 is 0 Å². The molecule has 0 unspecified atom stereocenters. The molecule has 20 heavy (non-hydrogen) atoms. The van der Waals surface area contributed by atoms with Gasteiger partial charge in [-0.05, 0) is 26.0 Å². The number of amides is 1. The lowest BCUT2D eigenvalue weighted by molar-refractivity contribution is -0.159. The van der Waals surface area contributed by atoms with Crippen molar-refractivity contribution in [1.29, 1.82) is 0 Å². The number of benzene rings is 1. The average molecular weight is 278 g/mol. The Balaban J connectivity index is 1.95. The fourth-order valence-electron chi connectivity index (χ4n) is 1.98. The second-order valence-electron chi connectivity index (χ2n) is 4.76. The van der Waals surface area contributed by atoms with Crippen molar-refractivity contribution in [3.63, 3.8) is 0 Å². The van der Waals surface area contributed by atoms with Gasteiger partial charge < -0.3 is 14.6 Å². The third kappa shape index (κ3) is 3.55. The molecular formula is C14H18N2O4. The number of rotatable bonds is 4. The minimum atomic E-state index is -0.873. The van der Waals surface area contributed by atoms with Gasteiger partial charge in [0.15, 0.2) is 5.79 Å². The molecule has 2 rings (SSSR count). The molecule has 1 aromatic carbocycles. The normalized spacial score (nSPS) is 18.0. The maximum absolute atomic E-state index is 11.8. The predicted octanol–water partition coefficient (Wildman–Crippen LogP) is 1.39. The summed E-state index contributed by atoms with van der Waals surface area (Å²) in [6, 6.07) is 6.81. The second kappa shape index (κ2) is 6.02. The van der Waals surface area contributed by atoms with E-state index in [1.165, 1.54) is 0 Å². The first-order valence-electron chi connectivity index (χ1n) is 6.40. The molecule has 0 aliphatic carbocycles. The molecule has 1 aromatic rings. The number of hydrazone groups is 1. The third-order valence-electron chi connectivity index (χ3n) is 3.02. The minimum absolute atomic E-state index is 0.0740. The average Bonchev–Trinajstić information content (AvgIpc) is 2.83. The molecule has 1 amide bonds. The van der Waals surface area contributed by atoms with Crippen LogP contribution < -0.4 is 5.43 Å². The number of nitrogens with one attached hydrogen (secondary N) is 1. The highest BCUT2D eigenvalue weighted by molar-refractivity contribution is 6.01. The molecule has 0 saturated carbocycles. The van der Waals surface area contributed by atoms with Crippen molar-refractivity contribution < 1.29 is 19.4 Å². The number of para-hydroxylation sites is 1. The van der Waals surface area contributed by atoms with E-state index in [2.05, 4.69) is 10.5 Å². The van der Waals surface area contributed by atoms with Gasteiger partial charge in [-0.3, -0.25) is 4.79 Å². The molecule has 0 radical (unpaired) electrons. The number of ether oxygens (including phenoxy) is 2. The number of aromatic hydroxyl groups is 1. The lowest BCUT2D eigenvalue weighted by Crippen LogP contribution is -2.33. The van der Waals surface area contributed by atoms with Gasteiger partial charge >= 0.3 is 0 Å². The summed E-state index contributed by atoms with van der Waals surface area (Å²) in [6.07, 6.45) is 0.0740. The molecular weight excluding hydrogens is 260 g/mol. The maximum Gasteiger partial charge on any atom is 0.245 e. The number of hydrogen-bond donors (Lipinski definition) is 2. The van der Waals surface area contributed by atoms with Crippen LogP contribution in [0.25, 0.3) is 0 Å². The van der Waals surface area contributed by atoms with Crippen LogP contribution in [0.1, 0.15) is 25.8 Å². The maximum atomic E-state index is 11.8. The highest BCUT2D eigenvalue weighted by Crippen LogP contribution is 2.22. The van der Waals surface area contributed by atoms with E-state index in [9.17, 15) is 9.90 Å². The first-order chi connectivity index (χ1) is 9.50. The Morgan fingerprint density at radius 1 is 1.40 bits per heavy atom. The summed E-state index contributed by atoms with van der Waals surface area (Å²) in [7, 11) is 0. The summed E-state index contributed by atoms with van der Waals surface area (Å²) >= 11 is 0. The molecule has 108 valence electrons. The molecule has 1 aliphatic heterocycles. The predicted molar refractivity (Wildman–Crippen MR) is 73.4 cm³/mol. The lowest BCUT2D eigenvalue weighted by Gasteiger charge is -2.20.